The van der Waals surface area contributed by atoms with E-state index in [0.29, 0.717) is 6.04 Å². The molecule has 188 valence electrons. The normalized spacial score (nSPS) is 12.3. The van der Waals surface area contributed by atoms with Gasteiger partial charge in [0.15, 0.2) is 5.82 Å². The maximum Gasteiger partial charge on any atom is 0.162 e. The van der Waals surface area contributed by atoms with Crippen molar-refractivity contribution in [1.29, 1.82) is 0 Å². The number of para-hydroxylation sites is 1. The van der Waals surface area contributed by atoms with Crippen molar-refractivity contribution in [3.8, 4) is 22.5 Å². The Hall–Kier alpha value is -3.83. The van der Waals surface area contributed by atoms with E-state index in [9.17, 15) is 0 Å². The zero-order valence-corrected chi connectivity index (χ0v) is 22.0. The molecule has 5 heteroatoms. The lowest BCUT2D eigenvalue weighted by Gasteiger charge is -2.21. The van der Waals surface area contributed by atoms with Crippen molar-refractivity contribution in [2.75, 3.05) is 25.0 Å². The van der Waals surface area contributed by atoms with Gasteiger partial charge in [-0.1, -0.05) is 68.4 Å². The summed E-state index contributed by atoms with van der Waals surface area (Å²) < 4.78 is 0. The fourth-order valence-corrected chi connectivity index (χ4v) is 4.94. The third kappa shape index (κ3) is 5.62. The number of fused-ring (bicyclic) bond motifs is 2. The van der Waals surface area contributed by atoms with Crippen molar-refractivity contribution in [2.24, 2.45) is 0 Å². The molecule has 1 unspecified atom stereocenters. The van der Waals surface area contributed by atoms with Crippen molar-refractivity contribution in [3.05, 3.63) is 85.2 Å². The molecule has 1 N–H and O–H groups in total. The molecule has 0 aliphatic carbocycles. The Morgan fingerprint density at radius 3 is 2.46 bits per heavy atom. The van der Waals surface area contributed by atoms with Gasteiger partial charge in [-0.3, -0.25) is 4.98 Å². The minimum absolute atomic E-state index is 0.292. The molecule has 0 spiro atoms. The van der Waals surface area contributed by atoms with E-state index in [-0.39, 0.29) is 0 Å². The van der Waals surface area contributed by atoms with E-state index in [4.69, 9.17) is 9.97 Å². The third-order valence-electron chi connectivity index (χ3n) is 7.10. The van der Waals surface area contributed by atoms with Crippen LogP contribution in [0.2, 0.25) is 0 Å². The molecule has 0 bridgehead atoms. The lowest BCUT2D eigenvalue weighted by atomic mass is 10.0. The van der Waals surface area contributed by atoms with Gasteiger partial charge in [-0.05, 0) is 68.4 Å². The molecule has 3 aromatic carbocycles. The number of nitrogens with zero attached hydrogens (tertiary/aromatic N) is 4. The van der Waals surface area contributed by atoms with Crippen molar-refractivity contribution < 1.29 is 0 Å². The van der Waals surface area contributed by atoms with E-state index in [0.717, 1.165) is 71.7 Å². The topological polar surface area (TPSA) is 53.9 Å². The van der Waals surface area contributed by atoms with E-state index < -0.39 is 0 Å². The zero-order valence-electron chi connectivity index (χ0n) is 22.0. The molecule has 0 fully saturated rings. The lowest BCUT2D eigenvalue weighted by Crippen LogP contribution is -2.25. The van der Waals surface area contributed by atoms with Crippen LogP contribution >= 0.6 is 0 Å². The molecule has 0 radical (unpaired) electrons. The fraction of sp³-hybridized carbons (Fsp3) is 0.281. The summed E-state index contributed by atoms with van der Waals surface area (Å²) in [5.74, 6) is 1.61. The molecule has 1 atom stereocenters. The van der Waals surface area contributed by atoms with Crippen LogP contribution < -0.4 is 5.32 Å². The van der Waals surface area contributed by atoms with E-state index in [1.165, 1.54) is 10.8 Å². The molecule has 0 saturated carbocycles. The van der Waals surface area contributed by atoms with E-state index in [1.54, 1.807) is 6.20 Å². The van der Waals surface area contributed by atoms with Crippen LogP contribution in [0.3, 0.4) is 0 Å². The van der Waals surface area contributed by atoms with Gasteiger partial charge in [0.05, 0.1) is 5.52 Å². The average Bonchev–Trinajstić information content (AvgIpc) is 2.95. The van der Waals surface area contributed by atoms with Crippen LogP contribution in [0.1, 0.15) is 33.6 Å². The van der Waals surface area contributed by atoms with Gasteiger partial charge >= 0.3 is 0 Å². The molecule has 5 rings (SSSR count). The molecule has 2 aromatic heterocycles. The van der Waals surface area contributed by atoms with Gasteiger partial charge in [0, 0.05) is 40.5 Å². The third-order valence-corrected chi connectivity index (χ3v) is 7.10. The van der Waals surface area contributed by atoms with Gasteiger partial charge in [0.1, 0.15) is 5.82 Å². The molecule has 5 aromatic rings. The number of hydrogen-bond donors (Lipinski definition) is 1. The van der Waals surface area contributed by atoms with Gasteiger partial charge < -0.3 is 10.2 Å². The number of benzene rings is 3. The van der Waals surface area contributed by atoms with Crippen LogP contribution in [0.4, 0.5) is 5.82 Å². The molecular weight excluding hydrogens is 454 g/mol. The summed E-state index contributed by atoms with van der Waals surface area (Å²) in [6, 6.07) is 25.5. The van der Waals surface area contributed by atoms with Gasteiger partial charge in [0.2, 0.25) is 0 Å². The van der Waals surface area contributed by atoms with Gasteiger partial charge in [-0.2, -0.15) is 0 Å². The number of anilines is 1. The number of pyridine rings is 1. The lowest BCUT2D eigenvalue weighted by molar-refractivity contribution is 0.295. The largest absolute Gasteiger partial charge is 0.367 e. The van der Waals surface area contributed by atoms with Crippen LogP contribution in [-0.2, 0) is 0 Å². The summed E-state index contributed by atoms with van der Waals surface area (Å²) in [5.41, 5.74) is 4.06. The van der Waals surface area contributed by atoms with Crippen LogP contribution in [0.5, 0.6) is 0 Å². The van der Waals surface area contributed by atoms with Crippen molar-refractivity contribution in [3.63, 3.8) is 0 Å². The molecule has 0 saturated heterocycles. The molecule has 2 heterocycles. The number of hydrogen-bond acceptors (Lipinski definition) is 5. The molecule has 0 aliphatic heterocycles. The Morgan fingerprint density at radius 1 is 0.838 bits per heavy atom. The summed E-state index contributed by atoms with van der Waals surface area (Å²) >= 11 is 0. The standard InChI is InChI=1S/C32H35N5/c1-4-37(5-2)20-10-11-23(3)34-32-29-16-8-15-28(27-14-9-19-33-22-27)30(29)35-31(36-32)26-18-17-24-12-6-7-13-25(24)21-26/h6-9,12-19,21-23H,4-5,10-11,20H2,1-3H3,(H,34,35,36). The molecule has 5 nitrogen and oxygen atoms in total. The van der Waals surface area contributed by atoms with E-state index in [1.807, 2.05) is 12.3 Å². The zero-order chi connectivity index (χ0) is 25.6. The second-order valence-electron chi connectivity index (χ2n) is 9.62. The van der Waals surface area contributed by atoms with Crippen LogP contribution in [0.15, 0.2) is 85.2 Å². The highest BCUT2D eigenvalue weighted by Crippen LogP contribution is 2.33. The maximum atomic E-state index is 5.12. The Labute approximate surface area is 219 Å². The smallest absolute Gasteiger partial charge is 0.162 e. The van der Waals surface area contributed by atoms with Crippen LogP contribution in [-0.4, -0.2) is 45.5 Å². The summed E-state index contributed by atoms with van der Waals surface area (Å²) in [6.07, 6.45) is 5.93. The first-order valence-corrected chi connectivity index (χ1v) is 13.4. The summed E-state index contributed by atoms with van der Waals surface area (Å²) in [5, 5.41) is 7.16. The first-order valence-electron chi connectivity index (χ1n) is 13.4. The Morgan fingerprint density at radius 2 is 1.68 bits per heavy atom. The minimum atomic E-state index is 0.292. The Bertz CT molecular complexity index is 1480. The summed E-state index contributed by atoms with van der Waals surface area (Å²) in [6.45, 7) is 10.0. The van der Waals surface area contributed by atoms with Crippen molar-refractivity contribution in [1.82, 2.24) is 19.9 Å². The SMILES string of the molecule is CCN(CC)CCCC(C)Nc1nc(-c2ccc3ccccc3c2)nc2c(-c3cccnc3)cccc12. The van der Waals surface area contributed by atoms with Crippen LogP contribution in [0, 0.1) is 0 Å². The maximum absolute atomic E-state index is 5.12. The first kappa shape index (κ1) is 24.8. The predicted molar refractivity (Wildman–Crippen MR) is 156 cm³/mol. The Kier molecular flexibility index (Phi) is 7.71. The van der Waals surface area contributed by atoms with Gasteiger partial charge in [-0.25, -0.2) is 9.97 Å². The summed E-state index contributed by atoms with van der Waals surface area (Å²) in [4.78, 5) is 17.0. The molecule has 0 aliphatic rings. The van der Waals surface area contributed by atoms with E-state index >= 15 is 0 Å². The Balaban J connectivity index is 1.56. The summed E-state index contributed by atoms with van der Waals surface area (Å²) in [7, 11) is 0. The minimum Gasteiger partial charge on any atom is -0.367 e. The van der Waals surface area contributed by atoms with Crippen molar-refractivity contribution >= 4 is 27.5 Å². The average molecular weight is 490 g/mol. The molecule has 0 amide bonds. The molecule has 37 heavy (non-hydrogen) atoms. The highest BCUT2D eigenvalue weighted by atomic mass is 15.1. The highest BCUT2D eigenvalue weighted by molar-refractivity contribution is 6.00. The quantitative estimate of drug-likeness (QED) is 0.221. The number of aromatic nitrogens is 3. The monoisotopic (exact) mass is 489 g/mol. The highest BCUT2D eigenvalue weighted by Gasteiger charge is 2.16. The molecular formula is C32H35N5. The first-order chi connectivity index (χ1) is 18.2. The number of nitrogens with one attached hydrogen (secondary N) is 1. The number of rotatable bonds is 10. The van der Waals surface area contributed by atoms with Crippen molar-refractivity contribution in [2.45, 2.75) is 39.7 Å². The fourth-order valence-electron chi connectivity index (χ4n) is 4.94. The van der Waals surface area contributed by atoms with Gasteiger partial charge in [0.25, 0.3) is 0 Å². The predicted octanol–water partition coefficient (Wildman–Crippen LogP) is 7.43. The second-order valence-corrected chi connectivity index (χ2v) is 9.62. The van der Waals surface area contributed by atoms with Crippen LogP contribution in [0.25, 0.3) is 44.2 Å². The van der Waals surface area contributed by atoms with E-state index in [2.05, 4.69) is 103 Å². The van der Waals surface area contributed by atoms with Gasteiger partial charge in [-0.15, -0.1) is 0 Å². The second kappa shape index (κ2) is 11.5.